The van der Waals surface area contributed by atoms with Crippen LogP contribution in [0, 0.1) is 0 Å². The lowest BCUT2D eigenvalue weighted by molar-refractivity contribution is -0.147. The third-order valence-electron chi connectivity index (χ3n) is 4.69. The van der Waals surface area contributed by atoms with Crippen molar-refractivity contribution in [1.29, 1.82) is 0 Å². The molecule has 1 N–H and O–H groups in total. The van der Waals surface area contributed by atoms with Gasteiger partial charge in [0.1, 0.15) is 12.7 Å². The van der Waals surface area contributed by atoms with Gasteiger partial charge in [-0.2, -0.15) is 0 Å². The van der Waals surface area contributed by atoms with E-state index in [0.717, 1.165) is 38.0 Å². The molecule has 2 rings (SSSR count). The smallest absolute Gasteiger partial charge is 0.407 e. The average molecular weight is 376 g/mol. The number of amides is 1. The molecule has 1 unspecified atom stereocenters. The quantitative estimate of drug-likeness (QED) is 0.599. The van der Waals surface area contributed by atoms with E-state index in [2.05, 4.69) is 17.1 Å². The summed E-state index contributed by atoms with van der Waals surface area (Å²) in [7, 11) is 0. The summed E-state index contributed by atoms with van der Waals surface area (Å²) in [5.41, 5.74) is 0.941. The molecule has 0 aliphatic carbocycles. The lowest BCUT2D eigenvalue weighted by Crippen LogP contribution is -2.36. The fraction of sp³-hybridized carbons (Fsp3) is 0.619. The molecule has 27 heavy (non-hydrogen) atoms. The van der Waals surface area contributed by atoms with Crippen LogP contribution in [0.4, 0.5) is 4.79 Å². The molecule has 150 valence electrons. The Balaban J connectivity index is 1.70. The van der Waals surface area contributed by atoms with Gasteiger partial charge in [-0.25, -0.2) is 4.79 Å². The Labute approximate surface area is 162 Å². The second-order valence-corrected chi connectivity index (χ2v) is 7.00. The van der Waals surface area contributed by atoms with Gasteiger partial charge in [-0.1, -0.05) is 50.1 Å². The molecule has 0 saturated carbocycles. The Morgan fingerprint density at radius 1 is 1.19 bits per heavy atom. The molecule has 0 radical (unpaired) electrons. The number of nitrogens with zero attached hydrogens (tertiary/aromatic N) is 1. The van der Waals surface area contributed by atoms with Crippen molar-refractivity contribution in [1.82, 2.24) is 10.2 Å². The summed E-state index contributed by atoms with van der Waals surface area (Å²) in [6, 6.07) is 9.55. The maximum Gasteiger partial charge on any atom is 0.407 e. The molecular formula is C21H32N2O4. The largest absolute Gasteiger partial charge is 0.461 e. The fourth-order valence-electron chi connectivity index (χ4n) is 3.13. The molecule has 1 amide bonds. The number of hydrogen-bond acceptors (Lipinski definition) is 5. The molecule has 1 atom stereocenters. The molecule has 1 heterocycles. The van der Waals surface area contributed by atoms with Crippen molar-refractivity contribution in [3.63, 3.8) is 0 Å². The van der Waals surface area contributed by atoms with Gasteiger partial charge < -0.3 is 19.7 Å². The van der Waals surface area contributed by atoms with Gasteiger partial charge in [0.05, 0.1) is 6.42 Å². The SMILES string of the molecule is CCCCC(CC(=O)OCc1ccccc1)OC(=O)NCCN1CCCC1. The zero-order valence-electron chi connectivity index (χ0n) is 16.3. The highest BCUT2D eigenvalue weighted by molar-refractivity contribution is 5.71. The van der Waals surface area contributed by atoms with Gasteiger partial charge in [-0.3, -0.25) is 4.79 Å². The lowest BCUT2D eigenvalue weighted by atomic mass is 10.1. The van der Waals surface area contributed by atoms with E-state index in [-0.39, 0.29) is 19.0 Å². The predicted molar refractivity (Wildman–Crippen MR) is 104 cm³/mol. The topological polar surface area (TPSA) is 67.9 Å². The summed E-state index contributed by atoms with van der Waals surface area (Å²) in [5, 5.41) is 2.79. The summed E-state index contributed by atoms with van der Waals surface area (Å²) < 4.78 is 10.8. The van der Waals surface area contributed by atoms with Crippen LogP contribution >= 0.6 is 0 Å². The monoisotopic (exact) mass is 376 g/mol. The number of carbonyl (C=O) groups excluding carboxylic acids is 2. The summed E-state index contributed by atoms with van der Waals surface area (Å²) in [6.45, 7) is 5.92. The molecule has 1 aliphatic heterocycles. The first-order chi connectivity index (χ1) is 13.2. The van der Waals surface area contributed by atoms with Gasteiger partial charge in [-0.15, -0.1) is 0 Å². The van der Waals surface area contributed by atoms with Crippen molar-refractivity contribution in [3.05, 3.63) is 35.9 Å². The van der Waals surface area contributed by atoms with E-state index in [1.165, 1.54) is 12.8 Å². The lowest BCUT2D eigenvalue weighted by Gasteiger charge is -2.19. The number of unbranched alkanes of at least 4 members (excludes halogenated alkanes) is 1. The Morgan fingerprint density at radius 2 is 1.93 bits per heavy atom. The van der Waals surface area contributed by atoms with Crippen LogP contribution in [0.3, 0.4) is 0 Å². The van der Waals surface area contributed by atoms with E-state index in [1.807, 2.05) is 30.3 Å². The van der Waals surface area contributed by atoms with Gasteiger partial charge in [0, 0.05) is 13.1 Å². The zero-order chi connectivity index (χ0) is 19.3. The summed E-state index contributed by atoms with van der Waals surface area (Å²) in [6.07, 6.45) is 4.20. The van der Waals surface area contributed by atoms with E-state index in [0.29, 0.717) is 13.0 Å². The summed E-state index contributed by atoms with van der Waals surface area (Å²) >= 11 is 0. The normalized spacial score (nSPS) is 15.3. The van der Waals surface area contributed by atoms with Gasteiger partial charge in [0.25, 0.3) is 0 Å². The van der Waals surface area contributed by atoms with Crippen LogP contribution < -0.4 is 5.32 Å². The molecular weight excluding hydrogens is 344 g/mol. The van der Waals surface area contributed by atoms with E-state index >= 15 is 0 Å². The second-order valence-electron chi connectivity index (χ2n) is 7.00. The molecule has 6 heteroatoms. The fourth-order valence-corrected chi connectivity index (χ4v) is 3.13. The first-order valence-corrected chi connectivity index (χ1v) is 10.0. The minimum atomic E-state index is -0.453. The van der Waals surface area contributed by atoms with Crippen LogP contribution in [-0.4, -0.2) is 49.2 Å². The van der Waals surface area contributed by atoms with Crippen LogP contribution in [0.1, 0.15) is 51.0 Å². The average Bonchev–Trinajstić information content (AvgIpc) is 3.19. The second kappa shape index (κ2) is 12.3. The number of alkyl carbamates (subject to hydrolysis) is 1. The van der Waals surface area contributed by atoms with Crippen LogP contribution in [0.2, 0.25) is 0 Å². The number of nitrogens with one attached hydrogen (secondary N) is 1. The number of carbonyl (C=O) groups is 2. The maximum atomic E-state index is 12.1. The number of likely N-dealkylation sites (tertiary alicyclic amines) is 1. The van der Waals surface area contributed by atoms with Crippen molar-refractivity contribution in [2.24, 2.45) is 0 Å². The summed E-state index contributed by atoms with van der Waals surface area (Å²) in [4.78, 5) is 26.5. The standard InChI is InChI=1S/C21H32N2O4/c1-2-3-11-19(16-20(24)26-17-18-9-5-4-6-10-18)27-21(25)22-12-15-23-13-7-8-14-23/h4-6,9-10,19H,2-3,7-8,11-17H2,1H3,(H,22,25). The number of hydrogen-bond donors (Lipinski definition) is 1. The summed E-state index contributed by atoms with van der Waals surface area (Å²) in [5.74, 6) is -0.343. The third kappa shape index (κ3) is 8.91. The van der Waals surface area contributed by atoms with Gasteiger partial charge in [0.15, 0.2) is 0 Å². The van der Waals surface area contributed by atoms with Gasteiger partial charge in [0.2, 0.25) is 0 Å². The Hall–Kier alpha value is -2.08. The van der Waals surface area contributed by atoms with Crippen molar-refractivity contribution >= 4 is 12.1 Å². The van der Waals surface area contributed by atoms with E-state index in [9.17, 15) is 9.59 Å². The van der Waals surface area contributed by atoms with E-state index in [1.54, 1.807) is 0 Å². The van der Waals surface area contributed by atoms with E-state index in [4.69, 9.17) is 9.47 Å². The predicted octanol–water partition coefficient (Wildman–Crippen LogP) is 3.50. The molecule has 1 aromatic carbocycles. The van der Waals surface area contributed by atoms with Crippen LogP contribution in [0.5, 0.6) is 0 Å². The van der Waals surface area contributed by atoms with Crippen LogP contribution in [-0.2, 0) is 20.9 Å². The number of esters is 1. The number of ether oxygens (including phenoxy) is 2. The molecule has 1 saturated heterocycles. The van der Waals surface area contributed by atoms with Crippen molar-refractivity contribution in [3.8, 4) is 0 Å². The molecule has 1 aliphatic rings. The van der Waals surface area contributed by atoms with Crippen LogP contribution in [0.15, 0.2) is 30.3 Å². The van der Waals surface area contributed by atoms with Crippen molar-refractivity contribution in [2.75, 3.05) is 26.2 Å². The minimum Gasteiger partial charge on any atom is -0.461 e. The number of benzene rings is 1. The highest BCUT2D eigenvalue weighted by Crippen LogP contribution is 2.12. The number of rotatable bonds is 11. The Morgan fingerprint density at radius 3 is 2.63 bits per heavy atom. The highest BCUT2D eigenvalue weighted by atomic mass is 16.6. The Kier molecular flexibility index (Phi) is 9.69. The maximum absolute atomic E-state index is 12.1. The molecule has 0 spiro atoms. The van der Waals surface area contributed by atoms with Crippen LogP contribution in [0.25, 0.3) is 0 Å². The van der Waals surface area contributed by atoms with Crippen molar-refractivity contribution in [2.45, 2.75) is 58.2 Å². The molecule has 1 fully saturated rings. The first-order valence-electron chi connectivity index (χ1n) is 10.0. The van der Waals surface area contributed by atoms with Crippen molar-refractivity contribution < 1.29 is 19.1 Å². The Bertz CT molecular complexity index is 559. The third-order valence-corrected chi connectivity index (χ3v) is 4.69. The molecule has 0 aromatic heterocycles. The first kappa shape index (κ1) is 21.2. The zero-order valence-corrected chi connectivity index (χ0v) is 16.3. The molecule has 1 aromatic rings. The van der Waals surface area contributed by atoms with E-state index < -0.39 is 12.2 Å². The minimum absolute atomic E-state index is 0.0897. The van der Waals surface area contributed by atoms with Gasteiger partial charge in [-0.05, 0) is 37.9 Å². The highest BCUT2D eigenvalue weighted by Gasteiger charge is 2.19. The van der Waals surface area contributed by atoms with Gasteiger partial charge >= 0.3 is 12.1 Å². The molecule has 0 bridgehead atoms. The molecule has 6 nitrogen and oxygen atoms in total.